The van der Waals surface area contributed by atoms with Gasteiger partial charge in [0.25, 0.3) is 0 Å². The molecule has 108 valence electrons. The molecule has 0 amide bonds. The first-order chi connectivity index (χ1) is 8.94. The number of ether oxygens (including phenoxy) is 3. The molecule has 1 aromatic heterocycles. The highest BCUT2D eigenvalue weighted by molar-refractivity contribution is 5.27. The second kappa shape index (κ2) is 7.08. The standard InChI is InChI=1S/C12H22N4O3/c1-6-13-9-14-10(17-5)16-11(15-9)18-7-8-19-12(2,3)4/h6-8H2,1-5H3,(H,13,14,15,16). The first-order valence-electron chi connectivity index (χ1n) is 6.25. The van der Waals surface area contributed by atoms with Crippen LogP contribution in [0.3, 0.4) is 0 Å². The normalized spacial score (nSPS) is 11.2. The molecule has 0 aromatic carbocycles. The minimum Gasteiger partial charge on any atom is -0.467 e. The molecule has 0 saturated heterocycles. The third-order valence-corrected chi connectivity index (χ3v) is 1.96. The SMILES string of the molecule is CCNc1nc(OC)nc(OCCOC(C)(C)C)n1. The molecule has 0 atom stereocenters. The number of nitrogens with zero attached hydrogens (tertiary/aromatic N) is 3. The average molecular weight is 270 g/mol. The van der Waals surface area contributed by atoms with Crippen LogP contribution in [0.1, 0.15) is 27.7 Å². The van der Waals surface area contributed by atoms with Gasteiger partial charge in [-0.2, -0.15) is 9.97 Å². The van der Waals surface area contributed by atoms with Gasteiger partial charge in [0, 0.05) is 6.54 Å². The van der Waals surface area contributed by atoms with Crippen molar-refractivity contribution < 1.29 is 14.2 Å². The molecule has 19 heavy (non-hydrogen) atoms. The fourth-order valence-corrected chi connectivity index (χ4v) is 1.21. The number of nitrogens with one attached hydrogen (secondary N) is 1. The summed E-state index contributed by atoms with van der Waals surface area (Å²) in [5.74, 6) is 0.432. The summed E-state index contributed by atoms with van der Waals surface area (Å²) in [6, 6.07) is 0.443. The van der Waals surface area contributed by atoms with E-state index in [9.17, 15) is 0 Å². The summed E-state index contributed by atoms with van der Waals surface area (Å²) in [4.78, 5) is 12.2. The molecule has 0 radical (unpaired) electrons. The zero-order chi connectivity index (χ0) is 14.3. The highest BCUT2D eigenvalue weighted by Crippen LogP contribution is 2.12. The Morgan fingerprint density at radius 3 is 2.32 bits per heavy atom. The summed E-state index contributed by atoms with van der Waals surface area (Å²) in [6.45, 7) is 9.46. The maximum absolute atomic E-state index is 5.54. The molecule has 7 nitrogen and oxygen atoms in total. The molecular weight excluding hydrogens is 248 g/mol. The van der Waals surface area contributed by atoms with Crippen LogP contribution >= 0.6 is 0 Å². The van der Waals surface area contributed by atoms with E-state index < -0.39 is 0 Å². The molecule has 1 rings (SSSR count). The van der Waals surface area contributed by atoms with E-state index in [4.69, 9.17) is 14.2 Å². The zero-order valence-corrected chi connectivity index (χ0v) is 12.2. The molecule has 0 aliphatic heterocycles. The maximum Gasteiger partial charge on any atom is 0.324 e. The van der Waals surface area contributed by atoms with Crippen molar-refractivity contribution in [3.63, 3.8) is 0 Å². The lowest BCUT2D eigenvalue weighted by Crippen LogP contribution is -2.22. The van der Waals surface area contributed by atoms with Gasteiger partial charge in [0.1, 0.15) is 6.61 Å². The van der Waals surface area contributed by atoms with Gasteiger partial charge in [-0.3, -0.25) is 0 Å². The van der Waals surface area contributed by atoms with Crippen LogP contribution in [0.4, 0.5) is 5.95 Å². The fraction of sp³-hybridized carbons (Fsp3) is 0.750. The molecule has 1 aromatic rings. The Kier molecular flexibility index (Phi) is 5.75. The predicted octanol–water partition coefficient (Wildman–Crippen LogP) is 1.51. The molecule has 0 unspecified atom stereocenters. The van der Waals surface area contributed by atoms with Gasteiger partial charge in [-0.05, 0) is 27.7 Å². The smallest absolute Gasteiger partial charge is 0.324 e. The van der Waals surface area contributed by atoms with Crippen LogP contribution in [0.2, 0.25) is 0 Å². The topological polar surface area (TPSA) is 78.4 Å². The minimum atomic E-state index is -0.185. The van der Waals surface area contributed by atoms with Crippen molar-refractivity contribution in [1.29, 1.82) is 0 Å². The summed E-state index contributed by atoms with van der Waals surface area (Å²) in [7, 11) is 1.50. The van der Waals surface area contributed by atoms with E-state index in [1.165, 1.54) is 7.11 Å². The second-order valence-electron chi connectivity index (χ2n) is 4.77. The molecule has 0 bridgehead atoms. The van der Waals surface area contributed by atoms with E-state index in [1.807, 2.05) is 27.7 Å². The summed E-state index contributed by atoms with van der Waals surface area (Å²) >= 11 is 0. The van der Waals surface area contributed by atoms with E-state index in [0.717, 1.165) is 0 Å². The summed E-state index contributed by atoms with van der Waals surface area (Å²) in [6.07, 6.45) is 0. The van der Waals surface area contributed by atoms with Crippen molar-refractivity contribution in [2.24, 2.45) is 0 Å². The van der Waals surface area contributed by atoms with Crippen molar-refractivity contribution in [3.05, 3.63) is 0 Å². The largest absolute Gasteiger partial charge is 0.467 e. The monoisotopic (exact) mass is 270 g/mol. The maximum atomic E-state index is 5.54. The molecule has 0 aliphatic carbocycles. The Morgan fingerprint density at radius 2 is 1.74 bits per heavy atom. The fourth-order valence-electron chi connectivity index (χ4n) is 1.21. The lowest BCUT2D eigenvalue weighted by Gasteiger charge is -2.19. The van der Waals surface area contributed by atoms with Gasteiger partial charge in [-0.1, -0.05) is 0 Å². The highest BCUT2D eigenvalue weighted by Gasteiger charge is 2.11. The number of hydrogen-bond acceptors (Lipinski definition) is 7. The number of hydrogen-bond donors (Lipinski definition) is 1. The second-order valence-corrected chi connectivity index (χ2v) is 4.77. The number of anilines is 1. The molecule has 1 heterocycles. The first kappa shape index (κ1) is 15.4. The molecule has 0 fully saturated rings. The van der Waals surface area contributed by atoms with Crippen LogP contribution in [0.25, 0.3) is 0 Å². The van der Waals surface area contributed by atoms with Crippen LogP contribution in [0, 0.1) is 0 Å². The molecule has 0 spiro atoms. The van der Waals surface area contributed by atoms with E-state index in [2.05, 4.69) is 20.3 Å². The predicted molar refractivity (Wildman–Crippen MR) is 71.7 cm³/mol. The Labute approximate surface area is 113 Å². The van der Waals surface area contributed by atoms with Crippen LogP contribution < -0.4 is 14.8 Å². The molecule has 7 heteroatoms. The van der Waals surface area contributed by atoms with Crippen LogP contribution in [-0.2, 0) is 4.74 Å². The van der Waals surface area contributed by atoms with Gasteiger partial charge in [0.15, 0.2) is 0 Å². The quantitative estimate of drug-likeness (QED) is 0.752. The summed E-state index contributed by atoms with van der Waals surface area (Å²) in [5, 5.41) is 2.98. The van der Waals surface area contributed by atoms with Gasteiger partial charge in [0.2, 0.25) is 5.95 Å². The molecule has 1 N–H and O–H groups in total. The van der Waals surface area contributed by atoms with Crippen LogP contribution in [0.15, 0.2) is 0 Å². The van der Waals surface area contributed by atoms with E-state index in [1.54, 1.807) is 0 Å². The Balaban J connectivity index is 2.54. The average Bonchev–Trinajstić information content (AvgIpc) is 2.34. The lowest BCUT2D eigenvalue weighted by atomic mass is 10.2. The van der Waals surface area contributed by atoms with E-state index in [0.29, 0.717) is 25.7 Å². The number of aromatic nitrogens is 3. The number of rotatable bonds is 7. The van der Waals surface area contributed by atoms with Crippen molar-refractivity contribution in [3.8, 4) is 12.0 Å². The first-order valence-corrected chi connectivity index (χ1v) is 6.25. The Morgan fingerprint density at radius 1 is 1.05 bits per heavy atom. The van der Waals surface area contributed by atoms with Crippen molar-refractivity contribution in [2.75, 3.05) is 32.2 Å². The number of methoxy groups -OCH3 is 1. The van der Waals surface area contributed by atoms with Crippen molar-refractivity contribution in [1.82, 2.24) is 15.0 Å². The highest BCUT2D eigenvalue weighted by atomic mass is 16.5. The third kappa shape index (κ3) is 6.19. The molecule has 0 aliphatic rings. The molecular formula is C12H22N4O3. The van der Waals surface area contributed by atoms with E-state index >= 15 is 0 Å². The minimum absolute atomic E-state index is 0.185. The third-order valence-electron chi connectivity index (χ3n) is 1.96. The van der Waals surface area contributed by atoms with Crippen LogP contribution in [0.5, 0.6) is 12.0 Å². The Bertz CT molecular complexity index is 393. The zero-order valence-electron chi connectivity index (χ0n) is 12.2. The Hall–Kier alpha value is -1.63. The van der Waals surface area contributed by atoms with Gasteiger partial charge in [-0.25, -0.2) is 0 Å². The summed E-state index contributed by atoms with van der Waals surface area (Å²) in [5.41, 5.74) is -0.185. The van der Waals surface area contributed by atoms with Crippen molar-refractivity contribution in [2.45, 2.75) is 33.3 Å². The van der Waals surface area contributed by atoms with Gasteiger partial charge >= 0.3 is 12.0 Å². The van der Waals surface area contributed by atoms with Crippen LogP contribution in [-0.4, -0.2) is 47.4 Å². The van der Waals surface area contributed by atoms with Gasteiger partial charge < -0.3 is 19.5 Å². The van der Waals surface area contributed by atoms with Gasteiger partial charge in [0.05, 0.1) is 19.3 Å². The lowest BCUT2D eigenvalue weighted by molar-refractivity contribution is -0.0174. The van der Waals surface area contributed by atoms with Gasteiger partial charge in [-0.15, -0.1) is 4.98 Å². The van der Waals surface area contributed by atoms with E-state index in [-0.39, 0.29) is 17.6 Å². The van der Waals surface area contributed by atoms with Crippen molar-refractivity contribution >= 4 is 5.95 Å². The summed E-state index contributed by atoms with van der Waals surface area (Å²) < 4.78 is 16.0. The molecule has 0 saturated carbocycles.